The third-order valence-corrected chi connectivity index (χ3v) is 3.75. The molecule has 0 saturated carbocycles. The van der Waals surface area contributed by atoms with Gasteiger partial charge in [0.1, 0.15) is 4.99 Å². The zero-order valence-corrected chi connectivity index (χ0v) is 12.5. The molecule has 1 aliphatic rings. The van der Waals surface area contributed by atoms with Gasteiger partial charge in [0.15, 0.2) is 0 Å². The first kappa shape index (κ1) is 13.8. The Morgan fingerprint density at radius 3 is 3.00 bits per heavy atom. The SMILES string of the molecule is NC(=S)c1cc(Br)ccc1NCC1CCCCO1. The molecule has 18 heavy (non-hydrogen) atoms. The number of benzene rings is 1. The van der Waals surface area contributed by atoms with Crippen molar-refractivity contribution in [1.29, 1.82) is 0 Å². The van der Waals surface area contributed by atoms with Crippen LogP contribution in [0.15, 0.2) is 22.7 Å². The predicted octanol–water partition coefficient (Wildman–Crippen LogP) is 3.06. The number of rotatable bonds is 4. The van der Waals surface area contributed by atoms with Crippen molar-refractivity contribution < 1.29 is 4.74 Å². The van der Waals surface area contributed by atoms with Crippen molar-refractivity contribution in [3.8, 4) is 0 Å². The first-order valence-corrected chi connectivity index (χ1v) is 7.32. The summed E-state index contributed by atoms with van der Waals surface area (Å²) in [7, 11) is 0. The van der Waals surface area contributed by atoms with Gasteiger partial charge in [-0.1, -0.05) is 28.1 Å². The Kier molecular flexibility index (Phi) is 4.97. The van der Waals surface area contributed by atoms with E-state index in [-0.39, 0.29) is 0 Å². The van der Waals surface area contributed by atoms with Gasteiger partial charge in [0, 0.05) is 28.9 Å². The van der Waals surface area contributed by atoms with Crippen LogP contribution < -0.4 is 11.1 Å². The fraction of sp³-hybridized carbons (Fsp3) is 0.462. The van der Waals surface area contributed by atoms with E-state index in [4.69, 9.17) is 22.7 Å². The molecule has 5 heteroatoms. The van der Waals surface area contributed by atoms with Crippen LogP contribution >= 0.6 is 28.1 Å². The second kappa shape index (κ2) is 6.50. The lowest BCUT2D eigenvalue weighted by Crippen LogP contribution is -2.27. The van der Waals surface area contributed by atoms with E-state index in [1.807, 2.05) is 18.2 Å². The molecule has 0 aliphatic carbocycles. The van der Waals surface area contributed by atoms with E-state index in [9.17, 15) is 0 Å². The van der Waals surface area contributed by atoms with Crippen LogP contribution in [0.4, 0.5) is 5.69 Å². The second-order valence-corrected chi connectivity index (χ2v) is 5.78. The summed E-state index contributed by atoms with van der Waals surface area (Å²) >= 11 is 8.49. The molecule has 1 saturated heterocycles. The Morgan fingerprint density at radius 1 is 1.50 bits per heavy atom. The van der Waals surface area contributed by atoms with Gasteiger partial charge in [-0.2, -0.15) is 0 Å². The monoisotopic (exact) mass is 328 g/mol. The maximum Gasteiger partial charge on any atom is 0.106 e. The van der Waals surface area contributed by atoms with Gasteiger partial charge in [-0.25, -0.2) is 0 Å². The maximum atomic E-state index is 5.73. The molecule has 1 heterocycles. The Hall–Kier alpha value is -0.650. The fourth-order valence-corrected chi connectivity index (χ4v) is 2.60. The molecule has 1 aromatic rings. The summed E-state index contributed by atoms with van der Waals surface area (Å²) in [4.78, 5) is 0.406. The molecule has 0 amide bonds. The van der Waals surface area contributed by atoms with Gasteiger partial charge in [-0.3, -0.25) is 0 Å². The fourth-order valence-electron chi connectivity index (χ4n) is 2.07. The third kappa shape index (κ3) is 3.67. The van der Waals surface area contributed by atoms with Crippen molar-refractivity contribution in [3.63, 3.8) is 0 Å². The highest BCUT2D eigenvalue weighted by Gasteiger charge is 2.14. The lowest BCUT2D eigenvalue weighted by molar-refractivity contribution is 0.0247. The van der Waals surface area contributed by atoms with Gasteiger partial charge in [-0.15, -0.1) is 0 Å². The standard InChI is InChI=1S/C13H17BrN2OS/c14-9-4-5-12(11(7-9)13(15)18)16-8-10-3-1-2-6-17-10/h4-5,7,10,16H,1-3,6,8H2,(H2,15,18). The molecule has 1 fully saturated rings. The molecule has 0 spiro atoms. The largest absolute Gasteiger partial charge is 0.389 e. The number of anilines is 1. The number of ether oxygens (including phenoxy) is 1. The summed E-state index contributed by atoms with van der Waals surface area (Å²) in [5, 5.41) is 3.38. The van der Waals surface area contributed by atoms with Gasteiger partial charge in [0.25, 0.3) is 0 Å². The second-order valence-electron chi connectivity index (χ2n) is 4.42. The highest BCUT2D eigenvalue weighted by molar-refractivity contribution is 9.10. The van der Waals surface area contributed by atoms with Crippen molar-refractivity contribution in [2.24, 2.45) is 5.73 Å². The van der Waals surface area contributed by atoms with E-state index in [0.717, 1.165) is 35.3 Å². The molecule has 0 bridgehead atoms. The molecule has 0 radical (unpaired) electrons. The molecular formula is C13H17BrN2OS. The van der Waals surface area contributed by atoms with E-state index in [1.165, 1.54) is 12.8 Å². The summed E-state index contributed by atoms with van der Waals surface area (Å²) in [5.41, 5.74) is 7.57. The molecule has 98 valence electrons. The van der Waals surface area contributed by atoms with Crippen LogP contribution in [0.5, 0.6) is 0 Å². The predicted molar refractivity (Wildman–Crippen MR) is 82.1 cm³/mol. The Labute approximate surface area is 121 Å². The van der Waals surface area contributed by atoms with Crippen LogP contribution in [0, 0.1) is 0 Å². The zero-order chi connectivity index (χ0) is 13.0. The molecule has 2 rings (SSSR count). The third-order valence-electron chi connectivity index (χ3n) is 3.04. The normalized spacial score (nSPS) is 19.5. The maximum absolute atomic E-state index is 5.73. The van der Waals surface area contributed by atoms with Gasteiger partial charge in [0.2, 0.25) is 0 Å². The lowest BCUT2D eigenvalue weighted by atomic mass is 10.1. The van der Waals surface area contributed by atoms with E-state index >= 15 is 0 Å². The van der Waals surface area contributed by atoms with Gasteiger partial charge in [-0.05, 0) is 37.5 Å². The average Bonchev–Trinajstić information content (AvgIpc) is 2.38. The summed E-state index contributed by atoms with van der Waals surface area (Å²) < 4.78 is 6.66. The molecule has 1 atom stereocenters. The van der Waals surface area contributed by atoms with E-state index < -0.39 is 0 Å². The van der Waals surface area contributed by atoms with Crippen molar-refractivity contribution in [2.75, 3.05) is 18.5 Å². The molecule has 1 unspecified atom stereocenters. The number of hydrogen-bond donors (Lipinski definition) is 2. The van der Waals surface area contributed by atoms with Gasteiger partial charge >= 0.3 is 0 Å². The minimum absolute atomic E-state index is 0.293. The number of nitrogens with one attached hydrogen (secondary N) is 1. The van der Waals surface area contributed by atoms with Crippen molar-refractivity contribution in [2.45, 2.75) is 25.4 Å². The molecule has 0 aromatic heterocycles. The van der Waals surface area contributed by atoms with Gasteiger partial charge in [0.05, 0.1) is 6.10 Å². The smallest absolute Gasteiger partial charge is 0.106 e. The quantitative estimate of drug-likeness (QED) is 0.834. The first-order valence-electron chi connectivity index (χ1n) is 6.11. The Bertz CT molecular complexity index is 433. The summed E-state index contributed by atoms with van der Waals surface area (Å²) in [6.45, 7) is 1.67. The molecule has 3 N–H and O–H groups in total. The van der Waals surface area contributed by atoms with Crippen molar-refractivity contribution >= 4 is 38.8 Å². The van der Waals surface area contributed by atoms with Crippen LogP contribution in [0.3, 0.4) is 0 Å². The van der Waals surface area contributed by atoms with Crippen LogP contribution in [-0.4, -0.2) is 24.2 Å². The Balaban J connectivity index is 2.01. The summed E-state index contributed by atoms with van der Waals surface area (Å²) in [6, 6.07) is 5.90. The number of thiocarbonyl (C=S) groups is 1. The molecule has 1 aliphatic heterocycles. The van der Waals surface area contributed by atoms with Crippen LogP contribution in [0.25, 0.3) is 0 Å². The topological polar surface area (TPSA) is 47.3 Å². The lowest BCUT2D eigenvalue weighted by Gasteiger charge is -2.23. The van der Waals surface area contributed by atoms with Crippen LogP contribution in [0.1, 0.15) is 24.8 Å². The Morgan fingerprint density at radius 2 is 2.33 bits per heavy atom. The minimum atomic E-state index is 0.293. The first-order chi connectivity index (χ1) is 8.66. The highest BCUT2D eigenvalue weighted by Crippen LogP contribution is 2.22. The molecule has 3 nitrogen and oxygen atoms in total. The molecular weight excluding hydrogens is 312 g/mol. The van der Waals surface area contributed by atoms with E-state index in [2.05, 4.69) is 21.2 Å². The van der Waals surface area contributed by atoms with Gasteiger partial charge < -0.3 is 15.8 Å². The molecule has 1 aromatic carbocycles. The number of halogens is 1. The van der Waals surface area contributed by atoms with Crippen molar-refractivity contribution in [1.82, 2.24) is 0 Å². The van der Waals surface area contributed by atoms with E-state index in [0.29, 0.717) is 11.1 Å². The number of nitrogens with two attached hydrogens (primary N) is 1. The van der Waals surface area contributed by atoms with Crippen LogP contribution in [-0.2, 0) is 4.74 Å². The highest BCUT2D eigenvalue weighted by atomic mass is 79.9. The van der Waals surface area contributed by atoms with E-state index in [1.54, 1.807) is 0 Å². The minimum Gasteiger partial charge on any atom is -0.389 e. The summed E-state index contributed by atoms with van der Waals surface area (Å²) in [5.74, 6) is 0. The average molecular weight is 329 g/mol. The summed E-state index contributed by atoms with van der Waals surface area (Å²) in [6.07, 6.45) is 3.83. The van der Waals surface area contributed by atoms with Crippen molar-refractivity contribution in [3.05, 3.63) is 28.2 Å². The van der Waals surface area contributed by atoms with Crippen LogP contribution in [0.2, 0.25) is 0 Å². The zero-order valence-electron chi connectivity index (χ0n) is 10.1. The number of hydrogen-bond acceptors (Lipinski definition) is 3.